The molecule has 1 amide bonds. The van der Waals surface area contributed by atoms with Crippen LogP contribution in [-0.2, 0) is 20.0 Å². The van der Waals surface area contributed by atoms with Gasteiger partial charge >= 0.3 is 0 Å². The molecule has 0 fully saturated rings. The smallest absolute Gasteiger partial charge is 0.271 e. The molecular formula is C18H20ClF4N3O2. The van der Waals surface area contributed by atoms with Crippen LogP contribution >= 0.6 is 11.6 Å². The van der Waals surface area contributed by atoms with Gasteiger partial charge in [0.25, 0.3) is 5.91 Å². The molecule has 1 N–H and O–H groups in total. The summed E-state index contributed by atoms with van der Waals surface area (Å²) in [7, 11) is 1.48. The first-order chi connectivity index (χ1) is 13.2. The van der Waals surface area contributed by atoms with E-state index < -0.39 is 47.0 Å². The molecule has 2 rings (SSSR count). The second kappa shape index (κ2) is 9.27. The molecular weight excluding hydrogens is 402 g/mol. The minimum Gasteiger partial charge on any atom is -0.487 e. The lowest BCUT2D eigenvalue weighted by Gasteiger charge is -2.13. The zero-order valence-electron chi connectivity index (χ0n) is 15.6. The molecule has 0 radical (unpaired) electrons. The molecule has 1 heterocycles. The number of halogens is 5. The molecule has 5 nitrogen and oxygen atoms in total. The van der Waals surface area contributed by atoms with Crippen molar-refractivity contribution in [3.63, 3.8) is 0 Å². The number of nitrogens with zero attached hydrogens (tertiary/aromatic N) is 2. The van der Waals surface area contributed by atoms with Crippen LogP contribution in [0.25, 0.3) is 0 Å². The normalized spacial score (nSPS) is 11.0. The summed E-state index contributed by atoms with van der Waals surface area (Å²) < 4.78 is 62.7. The Bertz CT molecular complexity index is 857. The SMILES string of the molecule is CCCCOc1c(F)c(F)c(CNC(=O)c2c(Cl)c(CC)nn2C)c(F)c1F. The summed E-state index contributed by atoms with van der Waals surface area (Å²) in [5.74, 6) is -8.45. The molecule has 10 heteroatoms. The largest absolute Gasteiger partial charge is 0.487 e. The Hall–Kier alpha value is -2.29. The van der Waals surface area contributed by atoms with E-state index in [1.807, 2.05) is 6.92 Å². The van der Waals surface area contributed by atoms with Crippen molar-refractivity contribution in [3.05, 3.63) is 45.2 Å². The molecule has 154 valence electrons. The molecule has 2 aromatic rings. The Morgan fingerprint density at radius 2 is 1.75 bits per heavy atom. The minimum atomic E-state index is -1.65. The number of carbonyl (C=O) groups excluding carboxylic acids is 1. The molecule has 0 spiro atoms. The first-order valence-electron chi connectivity index (χ1n) is 8.71. The first kappa shape index (κ1) is 22.0. The van der Waals surface area contributed by atoms with Crippen molar-refractivity contribution in [3.8, 4) is 5.75 Å². The number of carbonyl (C=O) groups is 1. The number of hydrogen-bond acceptors (Lipinski definition) is 3. The number of benzene rings is 1. The van der Waals surface area contributed by atoms with E-state index in [1.54, 1.807) is 6.92 Å². The molecule has 0 aliphatic rings. The van der Waals surface area contributed by atoms with Crippen molar-refractivity contribution < 1.29 is 27.1 Å². The van der Waals surface area contributed by atoms with Crippen LogP contribution in [0, 0.1) is 23.3 Å². The fourth-order valence-corrected chi connectivity index (χ4v) is 2.92. The molecule has 0 saturated heterocycles. The van der Waals surface area contributed by atoms with E-state index in [9.17, 15) is 22.4 Å². The monoisotopic (exact) mass is 421 g/mol. The number of ether oxygens (including phenoxy) is 1. The number of rotatable bonds is 8. The predicted molar refractivity (Wildman–Crippen MR) is 95.4 cm³/mol. The zero-order chi connectivity index (χ0) is 21.0. The topological polar surface area (TPSA) is 56.1 Å². The predicted octanol–water partition coefficient (Wildman–Crippen LogP) is 4.30. The Kier molecular flexibility index (Phi) is 7.29. The maximum atomic E-state index is 14.2. The third kappa shape index (κ3) is 4.24. The van der Waals surface area contributed by atoms with Crippen molar-refractivity contribution in [2.24, 2.45) is 7.05 Å². The third-order valence-electron chi connectivity index (χ3n) is 4.09. The second-order valence-corrected chi connectivity index (χ2v) is 6.41. The molecule has 0 saturated carbocycles. The summed E-state index contributed by atoms with van der Waals surface area (Å²) in [6.07, 6.45) is 1.61. The molecule has 1 aromatic carbocycles. The lowest BCUT2D eigenvalue weighted by atomic mass is 10.1. The highest BCUT2D eigenvalue weighted by Crippen LogP contribution is 2.30. The summed E-state index contributed by atoms with van der Waals surface area (Å²) in [6.45, 7) is 2.73. The molecule has 0 aliphatic carbocycles. The van der Waals surface area contributed by atoms with E-state index in [0.29, 0.717) is 25.0 Å². The Morgan fingerprint density at radius 1 is 1.14 bits per heavy atom. The van der Waals surface area contributed by atoms with E-state index in [1.165, 1.54) is 11.7 Å². The van der Waals surface area contributed by atoms with Gasteiger partial charge in [0, 0.05) is 19.2 Å². The van der Waals surface area contributed by atoms with Crippen LogP contribution in [0.1, 0.15) is 48.4 Å². The van der Waals surface area contributed by atoms with Gasteiger partial charge in [-0.05, 0) is 12.8 Å². The highest BCUT2D eigenvalue weighted by atomic mass is 35.5. The highest BCUT2D eigenvalue weighted by molar-refractivity contribution is 6.34. The highest BCUT2D eigenvalue weighted by Gasteiger charge is 2.27. The lowest BCUT2D eigenvalue weighted by molar-refractivity contribution is 0.0940. The van der Waals surface area contributed by atoms with Crippen molar-refractivity contribution in [1.29, 1.82) is 0 Å². The number of aromatic nitrogens is 2. The van der Waals surface area contributed by atoms with Gasteiger partial charge in [-0.25, -0.2) is 8.78 Å². The van der Waals surface area contributed by atoms with Crippen molar-refractivity contribution in [1.82, 2.24) is 15.1 Å². The maximum absolute atomic E-state index is 14.2. The van der Waals surface area contributed by atoms with Crippen molar-refractivity contribution in [2.75, 3.05) is 6.61 Å². The van der Waals surface area contributed by atoms with Crippen LogP contribution in [0.15, 0.2) is 0 Å². The van der Waals surface area contributed by atoms with E-state index in [0.717, 1.165) is 0 Å². The molecule has 0 bridgehead atoms. The van der Waals surface area contributed by atoms with Gasteiger partial charge in [0.15, 0.2) is 17.4 Å². The molecule has 0 unspecified atom stereocenters. The molecule has 28 heavy (non-hydrogen) atoms. The Balaban J connectivity index is 2.25. The average molecular weight is 422 g/mol. The van der Waals surface area contributed by atoms with E-state index in [2.05, 4.69) is 10.4 Å². The van der Waals surface area contributed by atoms with Crippen LogP contribution in [0.4, 0.5) is 17.6 Å². The van der Waals surface area contributed by atoms with Gasteiger partial charge in [0.2, 0.25) is 11.6 Å². The van der Waals surface area contributed by atoms with Gasteiger partial charge in [-0.3, -0.25) is 9.48 Å². The van der Waals surface area contributed by atoms with Crippen LogP contribution in [-0.4, -0.2) is 22.3 Å². The quantitative estimate of drug-likeness (QED) is 0.393. The maximum Gasteiger partial charge on any atom is 0.271 e. The van der Waals surface area contributed by atoms with E-state index in [4.69, 9.17) is 16.3 Å². The van der Waals surface area contributed by atoms with Crippen LogP contribution < -0.4 is 10.1 Å². The average Bonchev–Trinajstić information content (AvgIpc) is 2.96. The van der Waals surface area contributed by atoms with Gasteiger partial charge in [-0.15, -0.1) is 0 Å². The summed E-state index contributed by atoms with van der Waals surface area (Å²) >= 11 is 6.07. The van der Waals surface area contributed by atoms with Gasteiger partial charge in [0.1, 0.15) is 5.69 Å². The van der Waals surface area contributed by atoms with Crippen LogP contribution in [0.3, 0.4) is 0 Å². The van der Waals surface area contributed by atoms with Crippen LogP contribution in [0.5, 0.6) is 5.75 Å². The van der Waals surface area contributed by atoms with E-state index in [-0.39, 0.29) is 17.3 Å². The van der Waals surface area contributed by atoms with Crippen molar-refractivity contribution in [2.45, 2.75) is 39.7 Å². The van der Waals surface area contributed by atoms with Gasteiger partial charge in [0.05, 0.1) is 17.3 Å². The minimum absolute atomic E-state index is 0.0280. The number of amides is 1. The Labute approximate surface area is 164 Å². The second-order valence-electron chi connectivity index (χ2n) is 6.03. The summed E-state index contributed by atoms with van der Waals surface area (Å²) in [5, 5.41) is 6.36. The third-order valence-corrected chi connectivity index (χ3v) is 4.49. The fraction of sp³-hybridized carbons (Fsp3) is 0.444. The van der Waals surface area contributed by atoms with Gasteiger partial charge in [-0.2, -0.15) is 13.9 Å². The first-order valence-corrected chi connectivity index (χ1v) is 9.09. The van der Waals surface area contributed by atoms with Gasteiger partial charge < -0.3 is 10.1 Å². The zero-order valence-corrected chi connectivity index (χ0v) is 16.4. The number of aryl methyl sites for hydroxylation is 2. The number of nitrogens with one attached hydrogen (secondary N) is 1. The lowest BCUT2D eigenvalue weighted by Crippen LogP contribution is -2.27. The fourth-order valence-electron chi connectivity index (χ4n) is 2.54. The summed E-state index contributed by atoms with van der Waals surface area (Å²) in [6, 6.07) is 0. The molecule has 1 aromatic heterocycles. The van der Waals surface area contributed by atoms with Crippen molar-refractivity contribution >= 4 is 17.5 Å². The standard InChI is InChI=1S/C18H20ClF4N3O2/c1-4-6-7-28-17-14(22)12(20)9(13(21)15(17)23)8-24-18(27)16-11(19)10(5-2)25-26(16)3/h4-8H2,1-3H3,(H,24,27). The van der Waals surface area contributed by atoms with Crippen LogP contribution in [0.2, 0.25) is 5.02 Å². The van der Waals surface area contributed by atoms with E-state index >= 15 is 0 Å². The molecule has 0 aliphatic heterocycles. The Morgan fingerprint density at radius 3 is 2.25 bits per heavy atom. The molecule has 0 atom stereocenters. The number of unbranched alkanes of at least 4 members (excludes halogenated alkanes) is 1. The van der Waals surface area contributed by atoms with Gasteiger partial charge in [-0.1, -0.05) is 31.9 Å². The summed E-state index contributed by atoms with van der Waals surface area (Å²) in [4.78, 5) is 12.3. The summed E-state index contributed by atoms with van der Waals surface area (Å²) in [5.41, 5.74) is -0.516. The number of hydrogen-bond donors (Lipinski definition) is 1.